The SMILES string of the molecule is O=C(Nc1cc(-c2nnc(-c3cccc(-c4ccccn4)n3)o2)cc(-c2nnc(-c3cccc(-c4ccccn4)n3)o2)c1)C(F)(F)C(F)(F)C(F)(F)C(F)(F)C(F)(F)C(F)(F)C(F)(F)C(F)(F)F. The highest BCUT2D eigenvalue weighted by Gasteiger charge is 2.95. The van der Waals surface area contributed by atoms with E-state index in [1.807, 2.05) is 0 Å². The van der Waals surface area contributed by atoms with Gasteiger partial charge in [0, 0.05) is 29.2 Å². The summed E-state index contributed by atoms with van der Waals surface area (Å²) in [6.07, 6.45) is -5.03. The normalized spacial score (nSPS) is 13.4. The Morgan fingerprint density at radius 3 is 1.18 bits per heavy atom. The molecule has 0 aliphatic carbocycles. The van der Waals surface area contributed by atoms with E-state index >= 15 is 8.78 Å². The van der Waals surface area contributed by atoms with Crippen molar-refractivity contribution in [2.75, 3.05) is 5.32 Å². The highest BCUT2D eigenvalue weighted by molar-refractivity contribution is 5.98. The minimum atomic E-state index is -8.90. The summed E-state index contributed by atoms with van der Waals surface area (Å²) in [6, 6.07) is 20.4. The van der Waals surface area contributed by atoms with Crippen molar-refractivity contribution in [1.29, 1.82) is 0 Å². The van der Waals surface area contributed by atoms with E-state index < -0.39 is 82.1 Å². The molecule has 6 aromatic heterocycles. The molecule has 29 heteroatoms. The second kappa shape index (κ2) is 16.6. The largest absolute Gasteiger partial charge is 0.460 e. The van der Waals surface area contributed by atoms with Crippen molar-refractivity contribution in [1.82, 2.24) is 40.3 Å². The smallest absolute Gasteiger partial charge is 0.415 e. The quantitative estimate of drug-likeness (QED) is 0.103. The molecule has 7 rings (SSSR count). The number of rotatable bonds is 14. The number of anilines is 1. The number of benzene rings is 1. The number of hydrogen-bond donors (Lipinski definition) is 1. The molecule has 0 aliphatic rings. The van der Waals surface area contributed by atoms with Crippen LogP contribution in [0.3, 0.4) is 0 Å². The monoisotopic (exact) mass is 983 g/mol. The van der Waals surface area contributed by atoms with E-state index in [1.165, 1.54) is 48.8 Å². The summed E-state index contributed by atoms with van der Waals surface area (Å²) in [7, 11) is 0. The molecule has 0 aliphatic heterocycles. The number of halogens is 17. The van der Waals surface area contributed by atoms with Crippen molar-refractivity contribution < 1.29 is 88.3 Å². The average Bonchev–Trinajstić information content (AvgIpc) is 4.01. The third kappa shape index (κ3) is 7.96. The lowest BCUT2D eigenvalue weighted by Crippen LogP contribution is -2.75. The van der Waals surface area contributed by atoms with Crippen molar-refractivity contribution in [2.24, 2.45) is 0 Å². The molecule has 0 saturated carbocycles. The van der Waals surface area contributed by atoms with E-state index in [4.69, 9.17) is 8.83 Å². The lowest BCUT2D eigenvalue weighted by molar-refractivity contribution is -0.459. The van der Waals surface area contributed by atoms with Gasteiger partial charge in [0.2, 0.25) is 11.8 Å². The molecule has 0 bridgehead atoms. The Kier molecular flexibility index (Phi) is 11.8. The Morgan fingerprint density at radius 1 is 0.412 bits per heavy atom. The van der Waals surface area contributed by atoms with Crippen LogP contribution in [0.15, 0.2) is 112 Å². The van der Waals surface area contributed by atoms with E-state index in [-0.39, 0.29) is 34.6 Å². The predicted molar refractivity (Wildman–Crippen MR) is 195 cm³/mol. The van der Waals surface area contributed by atoms with E-state index in [2.05, 4.69) is 40.3 Å². The van der Waals surface area contributed by atoms with E-state index in [9.17, 15) is 70.7 Å². The zero-order chi connectivity index (χ0) is 49.9. The minimum Gasteiger partial charge on any atom is -0.415 e. The van der Waals surface area contributed by atoms with E-state index in [0.717, 1.165) is 11.4 Å². The number of amides is 1. The molecular weight excluding hydrogens is 965 g/mol. The van der Waals surface area contributed by atoms with Crippen LogP contribution < -0.4 is 5.32 Å². The molecular formula is C39H18F17N9O3. The van der Waals surface area contributed by atoms with Gasteiger partial charge in [0.05, 0.1) is 22.8 Å². The second-order valence-corrected chi connectivity index (χ2v) is 13.8. The highest BCUT2D eigenvalue weighted by Crippen LogP contribution is 2.64. The van der Waals surface area contributed by atoms with Gasteiger partial charge in [-0.25, -0.2) is 9.97 Å². The van der Waals surface area contributed by atoms with E-state index in [0.29, 0.717) is 23.5 Å². The fourth-order valence-corrected chi connectivity index (χ4v) is 5.77. The van der Waals surface area contributed by atoms with Crippen LogP contribution in [-0.2, 0) is 4.79 Å². The van der Waals surface area contributed by atoms with Crippen LogP contribution in [0.4, 0.5) is 80.3 Å². The summed E-state index contributed by atoms with van der Waals surface area (Å²) in [5.74, 6) is -65.2. The van der Waals surface area contributed by atoms with Gasteiger partial charge in [-0.2, -0.15) is 74.6 Å². The third-order valence-electron chi connectivity index (χ3n) is 9.33. The van der Waals surface area contributed by atoms with Gasteiger partial charge in [0.25, 0.3) is 11.8 Å². The lowest BCUT2D eigenvalue weighted by Gasteiger charge is -2.42. The number of nitrogens with zero attached hydrogens (tertiary/aromatic N) is 8. The first-order valence-electron chi connectivity index (χ1n) is 18.2. The third-order valence-corrected chi connectivity index (χ3v) is 9.33. The molecule has 1 amide bonds. The van der Waals surface area contributed by atoms with Crippen LogP contribution in [0.2, 0.25) is 0 Å². The van der Waals surface area contributed by atoms with Crippen LogP contribution in [0.5, 0.6) is 0 Å². The maximum absolute atomic E-state index is 15.1. The maximum Gasteiger partial charge on any atom is 0.460 e. The van der Waals surface area contributed by atoms with Crippen molar-refractivity contribution in [3.05, 3.63) is 103 Å². The Bertz CT molecular complexity index is 2830. The van der Waals surface area contributed by atoms with Crippen molar-refractivity contribution in [2.45, 2.75) is 47.6 Å². The maximum atomic E-state index is 15.1. The molecule has 0 spiro atoms. The van der Waals surface area contributed by atoms with Gasteiger partial charge < -0.3 is 14.2 Å². The second-order valence-electron chi connectivity index (χ2n) is 13.8. The molecule has 0 fully saturated rings. The number of aromatic nitrogens is 8. The topological polar surface area (TPSA) is 158 Å². The average molecular weight is 984 g/mol. The Labute approximate surface area is 365 Å². The number of carbonyl (C=O) groups is 1. The molecule has 7 aromatic rings. The van der Waals surface area contributed by atoms with E-state index in [1.54, 1.807) is 36.4 Å². The van der Waals surface area contributed by atoms with Crippen LogP contribution in [-0.4, -0.2) is 93.9 Å². The molecule has 1 aromatic carbocycles. The van der Waals surface area contributed by atoms with Gasteiger partial charge >= 0.3 is 53.5 Å². The van der Waals surface area contributed by atoms with Crippen LogP contribution in [0.1, 0.15) is 0 Å². The zero-order valence-corrected chi connectivity index (χ0v) is 32.5. The molecule has 0 unspecified atom stereocenters. The minimum absolute atomic E-state index is 0.0244. The number of alkyl halides is 17. The van der Waals surface area contributed by atoms with Crippen LogP contribution in [0, 0.1) is 0 Å². The summed E-state index contributed by atoms with van der Waals surface area (Å²) in [4.78, 5) is 29.7. The fraction of sp³-hybridized carbons (Fsp3) is 0.205. The van der Waals surface area contributed by atoms with Crippen molar-refractivity contribution in [3.63, 3.8) is 0 Å². The Balaban J connectivity index is 1.26. The Morgan fingerprint density at radius 2 is 0.779 bits per heavy atom. The summed E-state index contributed by atoms with van der Waals surface area (Å²) in [6.45, 7) is 0. The summed E-state index contributed by atoms with van der Waals surface area (Å²) >= 11 is 0. The molecule has 6 heterocycles. The van der Waals surface area contributed by atoms with Gasteiger partial charge in [-0.3, -0.25) is 14.8 Å². The fourth-order valence-electron chi connectivity index (χ4n) is 5.77. The molecule has 0 radical (unpaired) electrons. The predicted octanol–water partition coefficient (Wildman–Crippen LogP) is 11.0. The van der Waals surface area contributed by atoms with Crippen molar-refractivity contribution in [3.8, 4) is 68.9 Å². The molecule has 0 saturated heterocycles. The Hall–Kier alpha value is -7.62. The number of carbonyl (C=O) groups excluding carboxylic acids is 1. The zero-order valence-electron chi connectivity index (χ0n) is 32.5. The molecule has 12 nitrogen and oxygen atoms in total. The molecule has 1 N–H and O–H groups in total. The van der Waals surface area contributed by atoms with Gasteiger partial charge in [-0.15, -0.1) is 20.4 Å². The summed E-state index contributed by atoms with van der Waals surface area (Å²) in [5, 5.41) is 16.0. The summed E-state index contributed by atoms with van der Waals surface area (Å²) < 4.78 is 249. The van der Waals surface area contributed by atoms with Crippen molar-refractivity contribution >= 4 is 11.6 Å². The van der Waals surface area contributed by atoms with Gasteiger partial charge in [0.1, 0.15) is 11.4 Å². The first-order chi connectivity index (χ1) is 31.5. The number of pyridine rings is 4. The number of hydrogen-bond acceptors (Lipinski definition) is 11. The first kappa shape index (κ1) is 48.3. The van der Waals surface area contributed by atoms with Gasteiger partial charge in [0.15, 0.2) is 0 Å². The van der Waals surface area contributed by atoms with Gasteiger partial charge in [-0.05, 0) is 66.7 Å². The van der Waals surface area contributed by atoms with Crippen LogP contribution in [0.25, 0.3) is 68.9 Å². The standard InChI is InChI=1S/C39H18F17N9O3/c40-32(41,33(42,43)34(44,45)35(46,47)36(48,49)37(50,51)38(52,53)39(54,55)56)31(66)59-20-16-18(27-62-64-29(67-27)25-11-5-9-23(60-25)21-7-1-3-13-57-21)15-19(17-20)28-63-65-30(68-28)26-12-6-10-24(61-26)22-8-2-4-14-58-22/h1-17H,(H,59,66). The number of nitrogens with one attached hydrogen (secondary N) is 1. The van der Waals surface area contributed by atoms with Gasteiger partial charge in [-0.1, -0.05) is 24.3 Å². The summed E-state index contributed by atoms with van der Waals surface area (Å²) in [5.41, 5.74) is -1.04. The molecule has 68 heavy (non-hydrogen) atoms. The highest BCUT2D eigenvalue weighted by atomic mass is 19.4. The molecule has 0 atom stereocenters. The lowest BCUT2D eigenvalue weighted by atomic mass is 9.88. The van der Waals surface area contributed by atoms with Crippen LogP contribution >= 0.6 is 0 Å². The molecule has 356 valence electrons. The first-order valence-corrected chi connectivity index (χ1v) is 18.2.